The Kier molecular flexibility index (Phi) is 4.26. The van der Waals surface area contributed by atoms with Gasteiger partial charge in [-0.1, -0.05) is 50.7 Å². The lowest BCUT2D eigenvalue weighted by Gasteiger charge is -2.32. The first-order valence-corrected chi connectivity index (χ1v) is 7.25. The summed E-state index contributed by atoms with van der Waals surface area (Å²) in [6.07, 6.45) is 15.4. The molecule has 2 nitrogen and oxygen atoms in total. The van der Waals surface area contributed by atoms with Gasteiger partial charge >= 0.3 is 0 Å². The fraction of sp³-hybridized carbons (Fsp3) is 0.867. The highest BCUT2D eigenvalue weighted by Gasteiger charge is 2.29. The first-order valence-electron chi connectivity index (χ1n) is 7.25. The van der Waals surface area contributed by atoms with Crippen LogP contribution in [-0.4, -0.2) is 21.4 Å². The third-order valence-corrected chi connectivity index (χ3v) is 4.43. The Labute approximate surface area is 105 Å². The van der Waals surface area contributed by atoms with E-state index in [1.54, 1.807) is 0 Å². The molecule has 0 aliphatic heterocycles. The van der Waals surface area contributed by atoms with E-state index in [0.29, 0.717) is 0 Å². The van der Waals surface area contributed by atoms with Crippen molar-refractivity contribution in [2.24, 2.45) is 0 Å². The lowest BCUT2D eigenvalue weighted by molar-refractivity contribution is 0.00585. The van der Waals surface area contributed by atoms with Gasteiger partial charge < -0.3 is 10.2 Å². The largest absolute Gasteiger partial charge is 0.390 e. The summed E-state index contributed by atoms with van der Waals surface area (Å²) < 4.78 is 0. The summed E-state index contributed by atoms with van der Waals surface area (Å²) in [4.78, 5) is 0. The zero-order chi connectivity index (χ0) is 12.2. The van der Waals surface area contributed by atoms with Gasteiger partial charge in [-0.25, -0.2) is 0 Å². The van der Waals surface area contributed by atoms with Crippen molar-refractivity contribution in [1.29, 1.82) is 0 Å². The van der Waals surface area contributed by atoms with Crippen LogP contribution in [0, 0.1) is 0 Å². The molecule has 2 rings (SSSR count). The zero-order valence-electron chi connectivity index (χ0n) is 10.8. The normalized spacial score (nSPS) is 28.4. The van der Waals surface area contributed by atoms with Gasteiger partial charge in [0.25, 0.3) is 0 Å². The van der Waals surface area contributed by atoms with Crippen LogP contribution >= 0.6 is 0 Å². The van der Waals surface area contributed by atoms with Gasteiger partial charge in [-0.3, -0.25) is 0 Å². The van der Waals surface area contributed by atoms with Gasteiger partial charge in [-0.15, -0.1) is 0 Å². The predicted octanol–water partition coefficient (Wildman–Crippen LogP) is 3.32. The van der Waals surface area contributed by atoms with Crippen molar-refractivity contribution in [3.63, 3.8) is 0 Å². The van der Waals surface area contributed by atoms with Crippen LogP contribution in [0.25, 0.3) is 0 Å². The van der Waals surface area contributed by atoms with E-state index in [1.165, 1.54) is 12.8 Å². The van der Waals surface area contributed by atoms with Crippen molar-refractivity contribution < 1.29 is 10.2 Å². The average Bonchev–Trinajstić information content (AvgIpc) is 2.30. The molecule has 0 amide bonds. The summed E-state index contributed by atoms with van der Waals surface area (Å²) in [5.74, 6) is 0. The standard InChI is InChI=1S/C15H26O2/c16-14(8-3-1-4-9-14)12-7-13-15(17)10-5-2-6-11-15/h7,12,16-17H,1-6,8-11,13H2/b12-7-. The van der Waals surface area contributed by atoms with Gasteiger partial charge in [-0.05, 0) is 32.1 Å². The highest BCUT2D eigenvalue weighted by molar-refractivity contribution is 5.04. The second-order valence-electron chi connectivity index (χ2n) is 6.06. The van der Waals surface area contributed by atoms with Crippen LogP contribution in [-0.2, 0) is 0 Å². The van der Waals surface area contributed by atoms with E-state index < -0.39 is 11.2 Å². The SMILES string of the molecule is OC1(/C=C\CC2(O)CCCCC2)CCCCC1. The highest BCUT2D eigenvalue weighted by Crippen LogP contribution is 2.33. The minimum atomic E-state index is -0.580. The first-order chi connectivity index (χ1) is 8.12. The fourth-order valence-corrected chi connectivity index (χ4v) is 3.24. The van der Waals surface area contributed by atoms with Gasteiger partial charge in [0, 0.05) is 0 Å². The molecular formula is C15H26O2. The summed E-state index contributed by atoms with van der Waals surface area (Å²) in [6, 6.07) is 0. The molecule has 0 aromatic rings. The molecule has 0 saturated heterocycles. The number of hydrogen-bond acceptors (Lipinski definition) is 2. The quantitative estimate of drug-likeness (QED) is 0.740. The number of aliphatic hydroxyl groups is 2. The van der Waals surface area contributed by atoms with E-state index in [4.69, 9.17) is 0 Å². The smallest absolute Gasteiger partial charge is 0.0827 e. The van der Waals surface area contributed by atoms with Gasteiger partial charge in [0.2, 0.25) is 0 Å². The monoisotopic (exact) mass is 238 g/mol. The van der Waals surface area contributed by atoms with Crippen LogP contribution in [0.4, 0.5) is 0 Å². The summed E-state index contributed by atoms with van der Waals surface area (Å²) in [5, 5.41) is 20.7. The van der Waals surface area contributed by atoms with E-state index in [2.05, 4.69) is 0 Å². The predicted molar refractivity (Wildman–Crippen MR) is 69.8 cm³/mol. The molecule has 0 aromatic carbocycles. The van der Waals surface area contributed by atoms with E-state index in [-0.39, 0.29) is 0 Å². The molecule has 0 atom stereocenters. The van der Waals surface area contributed by atoms with Gasteiger partial charge in [0.15, 0.2) is 0 Å². The molecule has 0 bridgehead atoms. The Hall–Kier alpha value is -0.340. The van der Waals surface area contributed by atoms with Crippen LogP contribution in [0.15, 0.2) is 12.2 Å². The average molecular weight is 238 g/mol. The minimum absolute atomic E-state index is 0.486. The summed E-state index contributed by atoms with van der Waals surface area (Å²) in [6.45, 7) is 0. The molecule has 0 unspecified atom stereocenters. The second kappa shape index (κ2) is 5.53. The molecule has 17 heavy (non-hydrogen) atoms. The molecule has 2 fully saturated rings. The van der Waals surface area contributed by atoms with Gasteiger partial charge in [-0.2, -0.15) is 0 Å². The van der Waals surface area contributed by atoms with Crippen molar-refractivity contribution >= 4 is 0 Å². The topological polar surface area (TPSA) is 40.5 Å². The molecule has 2 aliphatic carbocycles. The van der Waals surface area contributed by atoms with E-state index >= 15 is 0 Å². The van der Waals surface area contributed by atoms with Crippen LogP contribution in [0.1, 0.15) is 70.6 Å². The van der Waals surface area contributed by atoms with Crippen molar-refractivity contribution in [3.8, 4) is 0 Å². The Balaban J connectivity index is 1.83. The maximum atomic E-state index is 10.4. The second-order valence-corrected chi connectivity index (χ2v) is 6.06. The maximum Gasteiger partial charge on any atom is 0.0827 e. The molecule has 2 heteroatoms. The Morgan fingerprint density at radius 3 is 1.88 bits per heavy atom. The summed E-state index contributed by atoms with van der Waals surface area (Å²) >= 11 is 0. The van der Waals surface area contributed by atoms with E-state index in [1.807, 2.05) is 12.2 Å². The van der Waals surface area contributed by atoms with Crippen LogP contribution in [0.5, 0.6) is 0 Å². The Morgan fingerprint density at radius 2 is 1.29 bits per heavy atom. The molecule has 2 N–H and O–H groups in total. The highest BCUT2D eigenvalue weighted by atomic mass is 16.3. The van der Waals surface area contributed by atoms with Crippen molar-refractivity contribution in [1.82, 2.24) is 0 Å². The number of rotatable bonds is 3. The molecule has 0 radical (unpaired) electrons. The Morgan fingerprint density at radius 1 is 0.765 bits per heavy atom. The molecule has 0 aromatic heterocycles. The zero-order valence-corrected chi connectivity index (χ0v) is 10.8. The molecule has 2 aliphatic rings. The third-order valence-electron chi connectivity index (χ3n) is 4.43. The van der Waals surface area contributed by atoms with E-state index in [9.17, 15) is 10.2 Å². The molecular weight excluding hydrogens is 212 g/mol. The first kappa shape index (κ1) is 13.1. The van der Waals surface area contributed by atoms with Crippen LogP contribution < -0.4 is 0 Å². The van der Waals surface area contributed by atoms with Crippen molar-refractivity contribution in [2.75, 3.05) is 0 Å². The minimum Gasteiger partial charge on any atom is -0.390 e. The van der Waals surface area contributed by atoms with Crippen molar-refractivity contribution in [2.45, 2.75) is 81.8 Å². The molecule has 98 valence electrons. The van der Waals surface area contributed by atoms with Crippen LogP contribution in [0.2, 0.25) is 0 Å². The van der Waals surface area contributed by atoms with Crippen LogP contribution in [0.3, 0.4) is 0 Å². The lowest BCUT2D eigenvalue weighted by atomic mass is 9.81. The van der Waals surface area contributed by atoms with E-state index in [0.717, 1.165) is 57.8 Å². The lowest BCUT2D eigenvalue weighted by Crippen LogP contribution is -2.31. The maximum absolute atomic E-state index is 10.4. The molecule has 0 heterocycles. The van der Waals surface area contributed by atoms with Gasteiger partial charge in [0.05, 0.1) is 11.2 Å². The summed E-state index contributed by atoms with van der Waals surface area (Å²) in [5.41, 5.74) is -1.07. The molecule has 2 saturated carbocycles. The third kappa shape index (κ3) is 3.82. The molecule has 0 spiro atoms. The van der Waals surface area contributed by atoms with Gasteiger partial charge in [0.1, 0.15) is 0 Å². The van der Waals surface area contributed by atoms with Crippen molar-refractivity contribution in [3.05, 3.63) is 12.2 Å². The number of hydrogen-bond donors (Lipinski definition) is 2. The fourth-order valence-electron chi connectivity index (χ4n) is 3.24. The Bertz CT molecular complexity index is 258. The summed E-state index contributed by atoms with van der Waals surface area (Å²) in [7, 11) is 0.